The van der Waals surface area contributed by atoms with Crippen molar-refractivity contribution >= 4 is 11.7 Å². The highest BCUT2D eigenvalue weighted by molar-refractivity contribution is 5.90. The molecule has 0 saturated carbocycles. The van der Waals surface area contributed by atoms with Crippen molar-refractivity contribution < 1.29 is 19.0 Å². The van der Waals surface area contributed by atoms with Crippen LogP contribution in [-0.4, -0.2) is 26.3 Å². The number of carbonyl (C=O) groups is 1. The monoisotopic (exact) mass is 301 g/mol. The number of methoxy groups -OCH3 is 1. The van der Waals surface area contributed by atoms with E-state index in [0.29, 0.717) is 30.2 Å². The molecule has 0 amide bonds. The zero-order valence-electron chi connectivity index (χ0n) is 12.5. The van der Waals surface area contributed by atoms with Crippen molar-refractivity contribution in [3.8, 4) is 11.5 Å². The van der Waals surface area contributed by atoms with Gasteiger partial charge in [0.25, 0.3) is 0 Å². The Morgan fingerprint density at radius 1 is 1.05 bits per heavy atom. The van der Waals surface area contributed by atoms with Crippen LogP contribution in [0.25, 0.3) is 0 Å². The molecule has 0 unspecified atom stereocenters. The van der Waals surface area contributed by atoms with Gasteiger partial charge in [0.05, 0.1) is 31.6 Å². The molecule has 2 aromatic carbocycles. The SMILES string of the molecule is COC(=O)c1ccc(OCCCOc2ccccc2)c(N)c1. The number of para-hydroxylation sites is 1. The predicted octanol–water partition coefficient (Wildman–Crippen LogP) is 2.90. The maximum atomic E-state index is 11.4. The highest BCUT2D eigenvalue weighted by Crippen LogP contribution is 2.23. The molecule has 22 heavy (non-hydrogen) atoms. The van der Waals surface area contributed by atoms with Gasteiger partial charge in [-0.1, -0.05) is 18.2 Å². The lowest BCUT2D eigenvalue weighted by molar-refractivity contribution is 0.0601. The Bertz CT molecular complexity index is 613. The second-order valence-electron chi connectivity index (χ2n) is 4.61. The number of rotatable bonds is 7. The molecule has 0 aliphatic heterocycles. The Morgan fingerprint density at radius 3 is 2.45 bits per heavy atom. The Kier molecular flexibility index (Phi) is 5.65. The smallest absolute Gasteiger partial charge is 0.337 e. The summed E-state index contributed by atoms with van der Waals surface area (Å²) in [6.45, 7) is 1.04. The topological polar surface area (TPSA) is 70.8 Å². The van der Waals surface area contributed by atoms with Gasteiger partial charge in [-0.3, -0.25) is 0 Å². The van der Waals surface area contributed by atoms with Crippen molar-refractivity contribution in [3.05, 3.63) is 54.1 Å². The fourth-order valence-electron chi connectivity index (χ4n) is 1.87. The van der Waals surface area contributed by atoms with Gasteiger partial charge in [-0.2, -0.15) is 0 Å². The van der Waals surface area contributed by atoms with Gasteiger partial charge in [0.15, 0.2) is 0 Å². The maximum absolute atomic E-state index is 11.4. The predicted molar refractivity (Wildman–Crippen MR) is 84.2 cm³/mol. The molecule has 5 nitrogen and oxygen atoms in total. The number of nitrogen functional groups attached to an aromatic ring is 1. The van der Waals surface area contributed by atoms with E-state index in [1.165, 1.54) is 7.11 Å². The standard InChI is InChI=1S/C17H19NO4/c1-20-17(19)13-8-9-16(15(18)12-13)22-11-5-10-21-14-6-3-2-4-7-14/h2-4,6-9,12H,5,10-11,18H2,1H3. The molecular formula is C17H19NO4. The Morgan fingerprint density at radius 2 is 1.77 bits per heavy atom. The molecular weight excluding hydrogens is 282 g/mol. The van der Waals surface area contributed by atoms with Crippen LogP contribution < -0.4 is 15.2 Å². The van der Waals surface area contributed by atoms with Gasteiger partial charge >= 0.3 is 5.97 Å². The number of hydrogen-bond donors (Lipinski definition) is 1. The summed E-state index contributed by atoms with van der Waals surface area (Å²) >= 11 is 0. The van der Waals surface area contributed by atoms with Crippen LogP contribution in [0.3, 0.4) is 0 Å². The minimum Gasteiger partial charge on any atom is -0.493 e. The largest absolute Gasteiger partial charge is 0.493 e. The number of benzene rings is 2. The van der Waals surface area contributed by atoms with E-state index >= 15 is 0 Å². The molecule has 0 radical (unpaired) electrons. The van der Waals surface area contributed by atoms with E-state index in [9.17, 15) is 4.79 Å². The summed E-state index contributed by atoms with van der Waals surface area (Å²) in [5, 5.41) is 0. The fourth-order valence-corrected chi connectivity index (χ4v) is 1.87. The number of esters is 1. The lowest BCUT2D eigenvalue weighted by Gasteiger charge is -2.10. The molecule has 2 N–H and O–H groups in total. The zero-order chi connectivity index (χ0) is 15.8. The average molecular weight is 301 g/mol. The van der Waals surface area contributed by atoms with E-state index in [0.717, 1.165) is 12.2 Å². The molecule has 0 aliphatic rings. The van der Waals surface area contributed by atoms with Gasteiger partial charge in [0.2, 0.25) is 0 Å². The van der Waals surface area contributed by atoms with Crippen LogP contribution in [0.5, 0.6) is 11.5 Å². The van der Waals surface area contributed by atoms with Crippen LogP contribution in [-0.2, 0) is 4.74 Å². The summed E-state index contributed by atoms with van der Waals surface area (Å²) in [6, 6.07) is 14.4. The van der Waals surface area contributed by atoms with Crippen LogP contribution in [0.15, 0.2) is 48.5 Å². The Labute approximate surface area is 129 Å². The third kappa shape index (κ3) is 4.41. The third-order valence-electron chi connectivity index (χ3n) is 2.99. The average Bonchev–Trinajstić information content (AvgIpc) is 2.56. The summed E-state index contributed by atoms with van der Waals surface area (Å²) in [6.07, 6.45) is 0.729. The Balaban J connectivity index is 1.76. The van der Waals surface area contributed by atoms with Crippen LogP contribution in [0.2, 0.25) is 0 Å². The van der Waals surface area contributed by atoms with Gasteiger partial charge in [0, 0.05) is 6.42 Å². The number of ether oxygens (including phenoxy) is 3. The minimum atomic E-state index is -0.422. The first kappa shape index (κ1) is 15.7. The van der Waals surface area contributed by atoms with Crippen LogP contribution in [0.4, 0.5) is 5.69 Å². The van der Waals surface area contributed by atoms with E-state index in [1.54, 1.807) is 18.2 Å². The molecule has 0 spiro atoms. The number of nitrogens with two attached hydrogens (primary N) is 1. The first-order valence-electron chi connectivity index (χ1n) is 6.99. The normalized spacial score (nSPS) is 10.0. The zero-order valence-corrected chi connectivity index (χ0v) is 12.5. The quantitative estimate of drug-likeness (QED) is 0.484. The van der Waals surface area contributed by atoms with E-state index in [-0.39, 0.29) is 0 Å². The van der Waals surface area contributed by atoms with Crippen molar-refractivity contribution in [1.82, 2.24) is 0 Å². The molecule has 2 aromatic rings. The van der Waals surface area contributed by atoms with Crippen molar-refractivity contribution in [1.29, 1.82) is 0 Å². The lowest BCUT2D eigenvalue weighted by Crippen LogP contribution is -2.07. The van der Waals surface area contributed by atoms with Crippen LogP contribution >= 0.6 is 0 Å². The van der Waals surface area contributed by atoms with Crippen molar-refractivity contribution in [3.63, 3.8) is 0 Å². The molecule has 0 fully saturated rings. The van der Waals surface area contributed by atoms with Crippen molar-refractivity contribution in [2.45, 2.75) is 6.42 Å². The van der Waals surface area contributed by atoms with E-state index in [2.05, 4.69) is 4.74 Å². The first-order valence-corrected chi connectivity index (χ1v) is 6.99. The number of anilines is 1. The third-order valence-corrected chi connectivity index (χ3v) is 2.99. The van der Waals surface area contributed by atoms with E-state index in [4.69, 9.17) is 15.2 Å². The maximum Gasteiger partial charge on any atom is 0.337 e. The summed E-state index contributed by atoms with van der Waals surface area (Å²) in [7, 11) is 1.33. The lowest BCUT2D eigenvalue weighted by atomic mass is 10.2. The molecule has 0 aromatic heterocycles. The molecule has 0 bridgehead atoms. The van der Waals surface area contributed by atoms with Crippen LogP contribution in [0, 0.1) is 0 Å². The van der Waals surface area contributed by atoms with Crippen molar-refractivity contribution in [2.75, 3.05) is 26.1 Å². The van der Waals surface area contributed by atoms with Gasteiger partial charge in [-0.25, -0.2) is 4.79 Å². The highest BCUT2D eigenvalue weighted by Gasteiger charge is 2.08. The minimum absolute atomic E-state index is 0.403. The molecule has 2 rings (SSSR count). The molecule has 0 heterocycles. The van der Waals surface area contributed by atoms with Gasteiger partial charge in [-0.15, -0.1) is 0 Å². The highest BCUT2D eigenvalue weighted by atomic mass is 16.5. The molecule has 0 saturated heterocycles. The van der Waals surface area contributed by atoms with E-state index < -0.39 is 5.97 Å². The molecule has 5 heteroatoms. The van der Waals surface area contributed by atoms with Crippen LogP contribution in [0.1, 0.15) is 16.8 Å². The second kappa shape index (κ2) is 7.93. The number of carbonyl (C=O) groups excluding carboxylic acids is 1. The van der Waals surface area contributed by atoms with E-state index in [1.807, 2.05) is 30.3 Å². The fraction of sp³-hybridized carbons (Fsp3) is 0.235. The summed E-state index contributed by atoms with van der Waals surface area (Å²) in [5.74, 6) is 0.964. The molecule has 116 valence electrons. The Hall–Kier alpha value is -2.69. The van der Waals surface area contributed by atoms with Gasteiger partial charge < -0.3 is 19.9 Å². The second-order valence-corrected chi connectivity index (χ2v) is 4.61. The first-order chi connectivity index (χ1) is 10.7. The molecule has 0 atom stereocenters. The van der Waals surface area contributed by atoms with Crippen molar-refractivity contribution in [2.24, 2.45) is 0 Å². The molecule has 0 aliphatic carbocycles. The summed E-state index contributed by atoms with van der Waals surface area (Å²) in [5.41, 5.74) is 6.67. The summed E-state index contributed by atoms with van der Waals surface area (Å²) < 4.78 is 15.8. The van der Waals surface area contributed by atoms with Gasteiger partial charge in [-0.05, 0) is 30.3 Å². The number of hydrogen-bond acceptors (Lipinski definition) is 5. The summed E-state index contributed by atoms with van der Waals surface area (Å²) in [4.78, 5) is 11.4. The van der Waals surface area contributed by atoms with Gasteiger partial charge in [0.1, 0.15) is 11.5 Å².